The van der Waals surface area contributed by atoms with Crippen LogP contribution in [-0.2, 0) is 19.5 Å². The van der Waals surface area contributed by atoms with Gasteiger partial charge in [0.1, 0.15) is 16.6 Å². The number of methoxy groups -OCH3 is 1. The number of hydrogen-bond donors (Lipinski definition) is 6. The van der Waals surface area contributed by atoms with Crippen molar-refractivity contribution in [2.45, 2.75) is 32.0 Å². The van der Waals surface area contributed by atoms with E-state index in [0.29, 0.717) is 59.0 Å². The van der Waals surface area contributed by atoms with Crippen molar-refractivity contribution in [1.29, 1.82) is 5.41 Å². The number of ether oxygens (including phenoxy) is 2. The van der Waals surface area contributed by atoms with Crippen molar-refractivity contribution < 1.29 is 19.7 Å². The standard InChI is InChI=1S/C33H36Cl2N6O4/c1-44-32-21(19-38-13-15-43)17-27(34)33(41-32)45-28-9-8-23-22(4-2-5-24(23)28)25-6-3-7-26(30(25)35)31(36)40-29-16-20(10-11-39-29)18-37-12-14-42/h2-7,10-11,16-17,28,37-38,42-43H,8-9,12-15,18-19H2,1H3,(H2,36,39,40)/t28-/m0/s1. The van der Waals surface area contributed by atoms with Crippen LogP contribution >= 0.6 is 23.2 Å². The first-order valence-electron chi connectivity index (χ1n) is 14.7. The van der Waals surface area contributed by atoms with Gasteiger partial charge in [-0.25, -0.2) is 4.99 Å². The van der Waals surface area contributed by atoms with E-state index in [0.717, 1.165) is 46.2 Å². The van der Waals surface area contributed by atoms with E-state index in [1.807, 2.05) is 42.5 Å². The number of nitrogens with zero attached hydrogens (tertiary/aromatic N) is 2. The number of aromatic nitrogens is 2. The van der Waals surface area contributed by atoms with Gasteiger partial charge < -0.3 is 35.3 Å². The van der Waals surface area contributed by atoms with Crippen molar-refractivity contribution in [1.82, 2.24) is 20.6 Å². The van der Waals surface area contributed by atoms with Crippen LogP contribution in [0.4, 0.5) is 0 Å². The Hall–Kier alpha value is -3.77. The molecule has 2 heterocycles. The van der Waals surface area contributed by atoms with Gasteiger partial charge >= 0.3 is 0 Å². The van der Waals surface area contributed by atoms with Crippen molar-refractivity contribution in [2.75, 3.05) is 33.4 Å². The van der Waals surface area contributed by atoms with Crippen LogP contribution in [0.3, 0.4) is 0 Å². The second-order valence-corrected chi connectivity index (χ2v) is 11.3. The van der Waals surface area contributed by atoms with Crippen molar-refractivity contribution in [3.8, 4) is 22.9 Å². The molecule has 0 saturated carbocycles. The number of aliphatic hydroxyl groups is 2. The molecule has 1 atom stereocenters. The summed E-state index contributed by atoms with van der Waals surface area (Å²) in [4.78, 5) is 12.1. The lowest BCUT2D eigenvalue weighted by atomic mass is 9.95. The highest BCUT2D eigenvalue weighted by Crippen LogP contribution is 2.43. The Morgan fingerprint density at radius 2 is 1.78 bits per heavy atom. The Bertz CT molecular complexity index is 1730. The molecule has 0 fully saturated rings. The average molecular weight is 652 g/mol. The third kappa shape index (κ3) is 7.73. The zero-order chi connectivity index (χ0) is 31.8. The quantitative estimate of drug-likeness (QED) is 0.0707. The molecule has 0 radical (unpaired) electrons. The van der Waals surface area contributed by atoms with Gasteiger partial charge in [-0.15, -0.1) is 0 Å². The first kappa shape index (κ1) is 32.6. The maximum absolute atomic E-state index is 9.06. The van der Waals surface area contributed by atoms with E-state index in [4.69, 9.17) is 48.3 Å². The van der Waals surface area contributed by atoms with E-state index in [9.17, 15) is 0 Å². The Labute approximate surface area is 271 Å². The number of benzene rings is 2. The number of nitrogens with one attached hydrogen (secondary N) is 4. The summed E-state index contributed by atoms with van der Waals surface area (Å²) in [6, 6.07) is 17.2. The van der Waals surface area contributed by atoms with E-state index in [2.05, 4.69) is 25.6 Å². The molecule has 5 rings (SSSR count). The van der Waals surface area contributed by atoms with E-state index in [1.165, 1.54) is 0 Å². The summed E-state index contributed by atoms with van der Waals surface area (Å²) in [6.45, 7) is 2.06. The van der Waals surface area contributed by atoms with Crippen LogP contribution in [0.25, 0.3) is 11.1 Å². The zero-order valence-electron chi connectivity index (χ0n) is 24.9. The van der Waals surface area contributed by atoms with Crippen LogP contribution in [0.2, 0.25) is 10.0 Å². The molecule has 0 spiro atoms. The minimum atomic E-state index is -0.266. The van der Waals surface area contributed by atoms with Crippen LogP contribution < -0.4 is 25.6 Å². The fourth-order valence-corrected chi connectivity index (χ4v) is 5.93. The summed E-state index contributed by atoms with van der Waals surface area (Å²) >= 11 is 13.6. The Balaban J connectivity index is 1.39. The highest BCUT2D eigenvalue weighted by Gasteiger charge is 2.29. The van der Waals surface area contributed by atoms with Crippen molar-refractivity contribution in [3.05, 3.63) is 104 Å². The van der Waals surface area contributed by atoms with Crippen LogP contribution in [0, 0.1) is 5.41 Å². The third-order valence-electron chi connectivity index (χ3n) is 7.49. The molecule has 0 unspecified atom stereocenters. The number of rotatable bonds is 13. The third-order valence-corrected chi connectivity index (χ3v) is 8.17. The number of amidine groups is 1. The Morgan fingerprint density at radius 1 is 1.02 bits per heavy atom. The van der Waals surface area contributed by atoms with Gasteiger partial charge in [-0.2, -0.15) is 4.98 Å². The average Bonchev–Trinajstić information content (AvgIpc) is 3.45. The van der Waals surface area contributed by atoms with E-state index >= 15 is 0 Å². The number of H-pyrrole nitrogens is 1. The van der Waals surface area contributed by atoms with E-state index in [-0.39, 0.29) is 25.2 Å². The monoisotopic (exact) mass is 650 g/mol. The number of halogens is 2. The van der Waals surface area contributed by atoms with Gasteiger partial charge in [0.2, 0.25) is 11.8 Å². The smallest absolute Gasteiger partial charge is 0.236 e. The summed E-state index contributed by atoms with van der Waals surface area (Å²) in [6.07, 6.45) is 3.00. The Kier molecular flexibility index (Phi) is 11.2. The first-order chi connectivity index (χ1) is 21.9. The lowest BCUT2D eigenvalue weighted by Crippen LogP contribution is -2.19. The van der Waals surface area contributed by atoms with Crippen molar-refractivity contribution in [3.63, 3.8) is 0 Å². The summed E-state index contributed by atoms with van der Waals surface area (Å²) in [5.41, 5.74) is 6.74. The molecule has 6 N–H and O–H groups in total. The van der Waals surface area contributed by atoms with Gasteiger partial charge in [0.05, 0.1) is 25.3 Å². The maximum Gasteiger partial charge on any atom is 0.236 e. The van der Waals surface area contributed by atoms with Gasteiger partial charge in [0, 0.05) is 49.1 Å². The SMILES string of the molecule is COc1nc(O[C@H]2CCc3c(-c4cccc(C(=N)/N=c5/cc(CNCCO)cc[nH]5)c4Cl)cccc32)c(Cl)cc1CNCCO. The lowest BCUT2D eigenvalue weighted by Gasteiger charge is -2.18. The molecule has 45 heavy (non-hydrogen) atoms. The largest absolute Gasteiger partial charge is 0.481 e. The first-order valence-corrected chi connectivity index (χ1v) is 15.4. The minimum absolute atomic E-state index is 0.0275. The Morgan fingerprint density at radius 3 is 2.56 bits per heavy atom. The molecule has 1 aliphatic rings. The predicted octanol–water partition coefficient (Wildman–Crippen LogP) is 4.55. The number of aromatic amines is 1. The zero-order valence-corrected chi connectivity index (χ0v) is 26.4. The molecule has 2 aromatic carbocycles. The van der Waals surface area contributed by atoms with Gasteiger partial charge in [0.15, 0.2) is 5.84 Å². The highest BCUT2D eigenvalue weighted by atomic mass is 35.5. The molecule has 1 aliphatic carbocycles. The molecule has 0 saturated heterocycles. The lowest BCUT2D eigenvalue weighted by molar-refractivity contribution is 0.196. The van der Waals surface area contributed by atoms with Crippen LogP contribution in [0.5, 0.6) is 11.8 Å². The van der Waals surface area contributed by atoms with Crippen molar-refractivity contribution in [2.24, 2.45) is 4.99 Å². The second-order valence-electron chi connectivity index (χ2n) is 10.5. The van der Waals surface area contributed by atoms with E-state index < -0.39 is 0 Å². The summed E-state index contributed by atoms with van der Waals surface area (Å²) in [5, 5.41) is 33.9. The number of aliphatic hydroxyl groups excluding tert-OH is 2. The molecule has 2 aromatic heterocycles. The molecule has 0 aliphatic heterocycles. The molecule has 0 bridgehead atoms. The second kappa shape index (κ2) is 15.5. The van der Waals surface area contributed by atoms with Crippen LogP contribution in [0.1, 0.15) is 40.3 Å². The van der Waals surface area contributed by atoms with Crippen LogP contribution in [0.15, 0.2) is 65.8 Å². The van der Waals surface area contributed by atoms with E-state index in [1.54, 1.807) is 25.4 Å². The van der Waals surface area contributed by atoms with Gasteiger partial charge in [0.25, 0.3) is 0 Å². The molecule has 12 heteroatoms. The fourth-order valence-electron chi connectivity index (χ4n) is 5.40. The van der Waals surface area contributed by atoms with Gasteiger partial charge in [-0.1, -0.05) is 53.5 Å². The number of hydrogen-bond acceptors (Lipinski definition) is 8. The van der Waals surface area contributed by atoms with Crippen LogP contribution in [-0.4, -0.2) is 59.4 Å². The normalized spacial score (nSPS) is 14.4. The molecule has 236 valence electrons. The minimum Gasteiger partial charge on any atom is -0.481 e. The highest BCUT2D eigenvalue weighted by molar-refractivity contribution is 6.36. The summed E-state index contributed by atoms with van der Waals surface area (Å²) < 4.78 is 11.8. The van der Waals surface area contributed by atoms with Crippen molar-refractivity contribution >= 4 is 29.0 Å². The topological polar surface area (TPSA) is 148 Å². The molecule has 0 amide bonds. The van der Waals surface area contributed by atoms with Gasteiger partial charge in [-0.3, -0.25) is 5.41 Å². The molecule has 4 aromatic rings. The molecular weight excluding hydrogens is 615 g/mol. The summed E-state index contributed by atoms with van der Waals surface area (Å²) in [5.74, 6) is 0.741. The molecular formula is C33H36Cl2N6O4. The predicted molar refractivity (Wildman–Crippen MR) is 175 cm³/mol. The number of fused-ring (bicyclic) bond motifs is 1. The summed E-state index contributed by atoms with van der Waals surface area (Å²) in [7, 11) is 1.55. The maximum atomic E-state index is 9.06. The fraction of sp³-hybridized carbons (Fsp3) is 0.303. The van der Waals surface area contributed by atoms with Gasteiger partial charge in [-0.05, 0) is 59.4 Å². The number of pyridine rings is 2. The molecule has 10 nitrogen and oxygen atoms in total.